The van der Waals surface area contributed by atoms with Crippen LogP contribution in [0.3, 0.4) is 0 Å². The Morgan fingerprint density at radius 2 is 2.00 bits per heavy atom. The Balaban J connectivity index is 1.59. The zero-order valence-corrected chi connectivity index (χ0v) is 16.6. The van der Waals surface area contributed by atoms with Crippen LogP contribution in [0.1, 0.15) is 41.5 Å². The first-order chi connectivity index (χ1) is 13.6. The van der Waals surface area contributed by atoms with Crippen LogP contribution in [0.2, 0.25) is 0 Å². The van der Waals surface area contributed by atoms with Crippen molar-refractivity contribution in [2.45, 2.75) is 39.3 Å². The topological polar surface area (TPSA) is 63.1 Å². The van der Waals surface area contributed by atoms with E-state index in [1.165, 1.54) is 12.8 Å². The van der Waals surface area contributed by atoms with E-state index in [9.17, 15) is 4.79 Å². The van der Waals surface area contributed by atoms with Crippen LogP contribution >= 0.6 is 0 Å². The van der Waals surface area contributed by atoms with Crippen molar-refractivity contribution in [1.29, 1.82) is 0 Å². The molecule has 0 saturated carbocycles. The molecule has 4 rings (SSSR count). The van der Waals surface area contributed by atoms with E-state index < -0.39 is 0 Å². The molecule has 1 saturated heterocycles. The molecular weight excluding hydrogens is 350 g/mol. The first-order valence-electron chi connectivity index (χ1n) is 10.0. The van der Waals surface area contributed by atoms with Gasteiger partial charge in [0.15, 0.2) is 0 Å². The first-order valence-corrected chi connectivity index (χ1v) is 10.0. The SMILES string of the molecule is Cc1ccnn1Cc1cc(C(=O)NC(C)CN2CCCC2)c2ccccc2n1. The highest BCUT2D eigenvalue weighted by atomic mass is 16.1. The highest BCUT2D eigenvalue weighted by Crippen LogP contribution is 2.19. The maximum absolute atomic E-state index is 13.1. The number of carbonyl (C=O) groups is 1. The fraction of sp³-hybridized carbons (Fsp3) is 0.409. The molecule has 1 aliphatic heterocycles. The monoisotopic (exact) mass is 377 g/mol. The van der Waals surface area contributed by atoms with Gasteiger partial charge in [-0.1, -0.05) is 18.2 Å². The van der Waals surface area contributed by atoms with Gasteiger partial charge < -0.3 is 10.2 Å². The molecule has 1 aliphatic rings. The second-order valence-corrected chi connectivity index (χ2v) is 7.69. The van der Waals surface area contributed by atoms with Gasteiger partial charge in [0, 0.05) is 29.9 Å². The van der Waals surface area contributed by atoms with Crippen LogP contribution in [0.25, 0.3) is 10.9 Å². The van der Waals surface area contributed by atoms with Crippen molar-refractivity contribution in [3.8, 4) is 0 Å². The first kappa shape index (κ1) is 18.6. The van der Waals surface area contributed by atoms with E-state index in [1.807, 2.05) is 48.0 Å². The van der Waals surface area contributed by atoms with E-state index in [4.69, 9.17) is 4.98 Å². The molecule has 3 aromatic rings. The van der Waals surface area contributed by atoms with E-state index in [2.05, 4.69) is 22.2 Å². The van der Waals surface area contributed by atoms with Crippen molar-refractivity contribution >= 4 is 16.8 Å². The van der Waals surface area contributed by atoms with Gasteiger partial charge in [-0.05, 0) is 58.0 Å². The molecule has 1 N–H and O–H groups in total. The van der Waals surface area contributed by atoms with Gasteiger partial charge in [0.25, 0.3) is 5.91 Å². The quantitative estimate of drug-likeness (QED) is 0.717. The van der Waals surface area contributed by atoms with E-state index in [0.717, 1.165) is 41.9 Å². The van der Waals surface area contributed by atoms with Gasteiger partial charge in [0.2, 0.25) is 0 Å². The molecule has 1 atom stereocenters. The second kappa shape index (κ2) is 8.10. The molecule has 0 radical (unpaired) electrons. The summed E-state index contributed by atoms with van der Waals surface area (Å²) in [6.45, 7) is 7.80. The van der Waals surface area contributed by atoms with Gasteiger partial charge in [0.1, 0.15) is 0 Å². The lowest BCUT2D eigenvalue weighted by Crippen LogP contribution is -2.41. The zero-order chi connectivity index (χ0) is 19.5. The summed E-state index contributed by atoms with van der Waals surface area (Å²) >= 11 is 0. The molecule has 0 spiro atoms. The van der Waals surface area contributed by atoms with Gasteiger partial charge in [-0.3, -0.25) is 14.5 Å². The van der Waals surface area contributed by atoms with E-state index in [1.54, 1.807) is 6.20 Å². The Hall–Kier alpha value is -2.73. The number of hydrogen-bond acceptors (Lipinski definition) is 4. The lowest BCUT2D eigenvalue weighted by molar-refractivity contribution is 0.0933. The van der Waals surface area contributed by atoms with Crippen LogP contribution in [0.5, 0.6) is 0 Å². The zero-order valence-electron chi connectivity index (χ0n) is 16.6. The lowest BCUT2D eigenvalue weighted by atomic mass is 10.1. The number of aryl methyl sites for hydroxylation is 1. The third-order valence-corrected chi connectivity index (χ3v) is 5.36. The number of para-hydroxylation sites is 1. The summed E-state index contributed by atoms with van der Waals surface area (Å²) in [6, 6.07) is 11.8. The Morgan fingerprint density at radius 3 is 2.75 bits per heavy atom. The van der Waals surface area contributed by atoms with Crippen LogP contribution in [-0.4, -0.2) is 51.2 Å². The van der Waals surface area contributed by atoms with Gasteiger partial charge in [-0.15, -0.1) is 0 Å². The van der Waals surface area contributed by atoms with Gasteiger partial charge in [-0.25, -0.2) is 0 Å². The highest BCUT2D eigenvalue weighted by Gasteiger charge is 2.19. The van der Waals surface area contributed by atoms with Crippen molar-refractivity contribution in [1.82, 2.24) is 25.0 Å². The fourth-order valence-electron chi connectivity index (χ4n) is 3.92. The molecule has 3 heterocycles. The van der Waals surface area contributed by atoms with Crippen LogP contribution in [0.15, 0.2) is 42.6 Å². The number of aromatic nitrogens is 3. The van der Waals surface area contributed by atoms with Crippen molar-refractivity contribution in [2.75, 3.05) is 19.6 Å². The molecule has 1 fully saturated rings. The average Bonchev–Trinajstić information content (AvgIpc) is 3.33. The summed E-state index contributed by atoms with van der Waals surface area (Å²) < 4.78 is 1.90. The third kappa shape index (κ3) is 4.07. The fourth-order valence-corrected chi connectivity index (χ4v) is 3.92. The number of rotatable bonds is 6. The number of amides is 1. The van der Waals surface area contributed by atoms with Crippen LogP contribution < -0.4 is 5.32 Å². The predicted molar refractivity (Wildman–Crippen MR) is 110 cm³/mol. The Morgan fingerprint density at radius 1 is 1.21 bits per heavy atom. The van der Waals surface area contributed by atoms with E-state index in [-0.39, 0.29) is 11.9 Å². The van der Waals surface area contributed by atoms with Crippen molar-refractivity contribution in [3.63, 3.8) is 0 Å². The third-order valence-electron chi connectivity index (χ3n) is 5.36. The predicted octanol–water partition coefficient (Wildman–Crippen LogP) is 3.00. The lowest BCUT2D eigenvalue weighted by Gasteiger charge is -2.21. The van der Waals surface area contributed by atoms with Gasteiger partial charge in [0.05, 0.1) is 23.3 Å². The smallest absolute Gasteiger partial charge is 0.252 e. The summed E-state index contributed by atoms with van der Waals surface area (Å²) in [7, 11) is 0. The molecule has 1 amide bonds. The number of likely N-dealkylation sites (tertiary alicyclic amines) is 1. The number of carbonyl (C=O) groups excluding carboxylic acids is 1. The van der Waals surface area contributed by atoms with Crippen LogP contribution in [0.4, 0.5) is 0 Å². The molecular formula is C22H27N5O. The van der Waals surface area contributed by atoms with Gasteiger partial charge >= 0.3 is 0 Å². The molecule has 28 heavy (non-hydrogen) atoms. The van der Waals surface area contributed by atoms with Crippen LogP contribution in [0, 0.1) is 6.92 Å². The largest absolute Gasteiger partial charge is 0.348 e. The van der Waals surface area contributed by atoms with Gasteiger partial charge in [-0.2, -0.15) is 5.10 Å². The minimum atomic E-state index is -0.0382. The molecule has 1 unspecified atom stereocenters. The number of hydrogen-bond donors (Lipinski definition) is 1. The average molecular weight is 377 g/mol. The second-order valence-electron chi connectivity index (χ2n) is 7.69. The molecule has 6 nitrogen and oxygen atoms in total. The maximum Gasteiger partial charge on any atom is 0.252 e. The van der Waals surface area contributed by atoms with E-state index in [0.29, 0.717) is 12.1 Å². The summed E-state index contributed by atoms with van der Waals surface area (Å²) in [5, 5.41) is 8.41. The highest BCUT2D eigenvalue weighted by molar-refractivity contribution is 6.06. The Labute approximate surface area is 165 Å². The molecule has 0 aliphatic carbocycles. The number of fused-ring (bicyclic) bond motifs is 1. The van der Waals surface area contributed by atoms with Crippen molar-refractivity contribution < 1.29 is 4.79 Å². The number of pyridine rings is 1. The van der Waals surface area contributed by atoms with Crippen LogP contribution in [-0.2, 0) is 6.54 Å². The number of benzene rings is 1. The Bertz CT molecular complexity index is 974. The van der Waals surface area contributed by atoms with Crippen molar-refractivity contribution in [3.05, 3.63) is 59.5 Å². The number of nitrogens with zero attached hydrogens (tertiary/aromatic N) is 4. The standard InChI is InChI=1S/C22H27N5O/c1-16(14-26-11-5-6-12-26)24-22(28)20-13-18(15-27-17(2)9-10-23-27)25-21-8-4-3-7-19(20)21/h3-4,7-10,13,16H,5-6,11-12,14-15H2,1-2H3,(H,24,28). The minimum absolute atomic E-state index is 0.0382. The minimum Gasteiger partial charge on any atom is -0.348 e. The summed E-state index contributed by atoms with van der Waals surface area (Å²) in [5.74, 6) is -0.0382. The van der Waals surface area contributed by atoms with Crippen molar-refractivity contribution in [2.24, 2.45) is 0 Å². The normalized spacial score (nSPS) is 15.8. The summed E-state index contributed by atoms with van der Waals surface area (Å²) in [4.78, 5) is 20.3. The molecule has 1 aromatic carbocycles. The summed E-state index contributed by atoms with van der Waals surface area (Å²) in [6.07, 6.45) is 4.29. The molecule has 146 valence electrons. The summed E-state index contributed by atoms with van der Waals surface area (Å²) in [5.41, 5.74) is 3.42. The Kier molecular flexibility index (Phi) is 5.39. The molecule has 0 bridgehead atoms. The maximum atomic E-state index is 13.1. The molecule has 6 heteroatoms. The molecule has 2 aromatic heterocycles. The van der Waals surface area contributed by atoms with E-state index >= 15 is 0 Å². The number of nitrogens with one attached hydrogen (secondary N) is 1.